The molecule has 0 aliphatic carbocycles. The standard InChI is InChI=1S/C16H15ClN4O3/c1-24-12-8-10(15(22)23)3-2-9(12)4-6-21-7-5-11-13(21)14(17)20-16(18)19-11/h2-3,5,7-8H,4,6H2,1H3,(H,22,23)(H2,18,19,20). The molecule has 0 unspecified atom stereocenters. The number of rotatable bonds is 5. The summed E-state index contributed by atoms with van der Waals surface area (Å²) in [7, 11) is 1.52. The van der Waals surface area contributed by atoms with E-state index >= 15 is 0 Å². The van der Waals surface area contributed by atoms with Gasteiger partial charge >= 0.3 is 5.97 Å². The number of halogens is 1. The molecule has 0 atom stereocenters. The van der Waals surface area contributed by atoms with Crippen LogP contribution in [-0.4, -0.2) is 32.7 Å². The van der Waals surface area contributed by atoms with Crippen molar-refractivity contribution in [2.24, 2.45) is 0 Å². The molecule has 3 N–H and O–H groups in total. The second-order valence-electron chi connectivity index (χ2n) is 5.20. The Labute approximate surface area is 142 Å². The van der Waals surface area contributed by atoms with Crippen LogP contribution in [0.15, 0.2) is 30.5 Å². The first-order valence-electron chi connectivity index (χ1n) is 7.17. The molecular formula is C16H15ClN4O3. The Morgan fingerprint density at radius 3 is 2.88 bits per heavy atom. The van der Waals surface area contributed by atoms with Crippen molar-refractivity contribution in [3.05, 3.63) is 46.7 Å². The predicted octanol–water partition coefficient (Wildman–Crippen LogP) is 2.62. The molecule has 0 fully saturated rings. The van der Waals surface area contributed by atoms with Crippen LogP contribution in [-0.2, 0) is 13.0 Å². The Morgan fingerprint density at radius 1 is 1.38 bits per heavy atom. The summed E-state index contributed by atoms with van der Waals surface area (Å²) in [6.07, 6.45) is 2.50. The quantitative estimate of drug-likeness (QED) is 0.688. The summed E-state index contributed by atoms with van der Waals surface area (Å²) in [6, 6.07) is 6.65. The van der Waals surface area contributed by atoms with Crippen molar-refractivity contribution in [3.63, 3.8) is 0 Å². The highest BCUT2D eigenvalue weighted by atomic mass is 35.5. The van der Waals surface area contributed by atoms with Gasteiger partial charge in [0.15, 0.2) is 5.15 Å². The van der Waals surface area contributed by atoms with E-state index in [9.17, 15) is 4.79 Å². The number of benzene rings is 1. The maximum absolute atomic E-state index is 11.0. The molecule has 0 radical (unpaired) electrons. The Morgan fingerprint density at radius 2 is 2.17 bits per heavy atom. The van der Waals surface area contributed by atoms with E-state index in [2.05, 4.69) is 9.97 Å². The van der Waals surface area contributed by atoms with Gasteiger partial charge in [0.1, 0.15) is 11.3 Å². The number of carboxylic acid groups (broad SMARTS) is 1. The lowest BCUT2D eigenvalue weighted by atomic mass is 10.1. The fraction of sp³-hybridized carbons (Fsp3) is 0.188. The Bertz CT molecular complexity index is 923. The average Bonchev–Trinajstić information content (AvgIpc) is 2.95. The number of fused-ring (bicyclic) bond motifs is 1. The fourth-order valence-corrected chi connectivity index (χ4v) is 2.88. The van der Waals surface area contributed by atoms with Crippen molar-refractivity contribution in [2.75, 3.05) is 12.8 Å². The summed E-state index contributed by atoms with van der Waals surface area (Å²) >= 11 is 6.16. The van der Waals surface area contributed by atoms with Gasteiger partial charge in [-0.1, -0.05) is 17.7 Å². The third kappa shape index (κ3) is 2.98. The monoisotopic (exact) mass is 346 g/mol. The van der Waals surface area contributed by atoms with Crippen LogP contribution in [0.3, 0.4) is 0 Å². The number of carboxylic acids is 1. The van der Waals surface area contributed by atoms with Gasteiger partial charge in [0.2, 0.25) is 5.95 Å². The smallest absolute Gasteiger partial charge is 0.335 e. The highest BCUT2D eigenvalue weighted by molar-refractivity contribution is 6.33. The molecule has 7 nitrogen and oxygen atoms in total. The molecule has 24 heavy (non-hydrogen) atoms. The van der Waals surface area contributed by atoms with Crippen molar-refractivity contribution in [2.45, 2.75) is 13.0 Å². The van der Waals surface area contributed by atoms with E-state index in [0.29, 0.717) is 34.9 Å². The Kier molecular flexibility index (Phi) is 4.26. The normalized spacial score (nSPS) is 10.9. The van der Waals surface area contributed by atoms with Crippen molar-refractivity contribution in [3.8, 4) is 5.75 Å². The minimum absolute atomic E-state index is 0.135. The summed E-state index contributed by atoms with van der Waals surface area (Å²) < 4.78 is 7.23. The molecule has 0 bridgehead atoms. The first-order valence-corrected chi connectivity index (χ1v) is 7.55. The number of nitrogen functional groups attached to an aromatic ring is 1. The van der Waals surface area contributed by atoms with Gasteiger partial charge in [0.05, 0.1) is 18.2 Å². The molecule has 1 aromatic carbocycles. The third-order valence-corrected chi connectivity index (χ3v) is 4.00. The van der Waals surface area contributed by atoms with Gasteiger partial charge in [0, 0.05) is 12.7 Å². The van der Waals surface area contributed by atoms with E-state index in [1.54, 1.807) is 12.1 Å². The molecule has 8 heteroatoms. The van der Waals surface area contributed by atoms with E-state index in [1.807, 2.05) is 16.8 Å². The van der Waals surface area contributed by atoms with Crippen LogP contribution < -0.4 is 10.5 Å². The molecule has 3 rings (SSSR count). The van der Waals surface area contributed by atoms with Crippen molar-refractivity contribution in [1.29, 1.82) is 0 Å². The predicted molar refractivity (Wildman–Crippen MR) is 90.6 cm³/mol. The molecular weight excluding hydrogens is 332 g/mol. The van der Waals surface area contributed by atoms with Crippen LogP contribution in [0.25, 0.3) is 11.0 Å². The highest BCUT2D eigenvalue weighted by Gasteiger charge is 2.12. The molecule has 0 saturated heterocycles. The van der Waals surface area contributed by atoms with Gasteiger partial charge in [-0.3, -0.25) is 0 Å². The van der Waals surface area contributed by atoms with Crippen LogP contribution in [0, 0.1) is 0 Å². The van der Waals surface area contributed by atoms with Gasteiger partial charge in [-0.15, -0.1) is 0 Å². The topological polar surface area (TPSA) is 103 Å². The molecule has 124 valence electrons. The largest absolute Gasteiger partial charge is 0.496 e. The van der Waals surface area contributed by atoms with Crippen molar-refractivity contribution < 1.29 is 14.6 Å². The van der Waals surface area contributed by atoms with Crippen molar-refractivity contribution >= 4 is 34.6 Å². The number of ether oxygens (including phenoxy) is 1. The van der Waals surface area contributed by atoms with E-state index in [-0.39, 0.29) is 11.5 Å². The summed E-state index contributed by atoms with van der Waals surface area (Å²) in [5, 5.41) is 9.35. The molecule has 2 aromatic heterocycles. The second-order valence-corrected chi connectivity index (χ2v) is 5.56. The molecule has 0 saturated carbocycles. The lowest BCUT2D eigenvalue weighted by molar-refractivity contribution is 0.0696. The lowest BCUT2D eigenvalue weighted by Gasteiger charge is -2.11. The minimum atomic E-state index is -0.988. The van der Waals surface area contributed by atoms with Gasteiger partial charge in [-0.2, -0.15) is 4.98 Å². The SMILES string of the molecule is COc1cc(C(=O)O)ccc1CCn1ccc2nc(N)nc(Cl)c21. The molecule has 2 heterocycles. The van der Waals surface area contributed by atoms with Gasteiger partial charge < -0.3 is 20.1 Å². The number of carbonyl (C=O) groups is 1. The number of methoxy groups -OCH3 is 1. The van der Waals surface area contributed by atoms with E-state index in [0.717, 1.165) is 5.56 Å². The second kappa shape index (κ2) is 6.37. The number of hydrogen-bond acceptors (Lipinski definition) is 5. The minimum Gasteiger partial charge on any atom is -0.496 e. The zero-order valence-electron chi connectivity index (χ0n) is 12.9. The summed E-state index contributed by atoms with van der Waals surface area (Å²) in [6.45, 7) is 0.610. The number of aromatic nitrogens is 3. The number of aromatic carboxylic acids is 1. The molecule has 0 aliphatic rings. The number of hydrogen-bond donors (Lipinski definition) is 2. The molecule has 0 amide bonds. The van der Waals surface area contributed by atoms with Crippen LogP contribution in [0.2, 0.25) is 5.15 Å². The highest BCUT2D eigenvalue weighted by Crippen LogP contribution is 2.25. The number of nitrogens with two attached hydrogens (primary N) is 1. The van der Waals surface area contributed by atoms with Crippen LogP contribution in [0.1, 0.15) is 15.9 Å². The van der Waals surface area contributed by atoms with E-state index < -0.39 is 5.97 Å². The summed E-state index contributed by atoms with van der Waals surface area (Å²) in [5.41, 5.74) is 8.08. The number of aryl methyl sites for hydroxylation is 2. The summed E-state index contributed by atoms with van der Waals surface area (Å²) in [4.78, 5) is 19.2. The van der Waals surface area contributed by atoms with Crippen molar-refractivity contribution in [1.82, 2.24) is 14.5 Å². The van der Waals surface area contributed by atoms with Crippen LogP contribution >= 0.6 is 11.6 Å². The first kappa shape index (κ1) is 16.1. The van der Waals surface area contributed by atoms with Gasteiger partial charge in [-0.25, -0.2) is 9.78 Å². The first-order chi connectivity index (χ1) is 11.5. The van der Waals surface area contributed by atoms with Crippen LogP contribution in [0.5, 0.6) is 5.75 Å². The maximum Gasteiger partial charge on any atom is 0.335 e. The molecule has 3 aromatic rings. The van der Waals surface area contributed by atoms with Gasteiger partial charge in [0.25, 0.3) is 0 Å². The van der Waals surface area contributed by atoms with E-state index in [4.69, 9.17) is 27.2 Å². The summed E-state index contributed by atoms with van der Waals surface area (Å²) in [5.74, 6) is -0.313. The average molecular weight is 347 g/mol. The molecule has 0 aliphatic heterocycles. The fourth-order valence-electron chi connectivity index (χ4n) is 2.59. The maximum atomic E-state index is 11.0. The number of nitrogens with zero attached hydrogens (tertiary/aromatic N) is 3. The Hall–Kier alpha value is -2.80. The van der Waals surface area contributed by atoms with Gasteiger partial charge in [-0.05, 0) is 30.2 Å². The van der Waals surface area contributed by atoms with E-state index in [1.165, 1.54) is 13.2 Å². The Balaban J connectivity index is 1.87. The number of anilines is 1. The zero-order chi connectivity index (χ0) is 17.3. The lowest BCUT2D eigenvalue weighted by Crippen LogP contribution is -2.05. The molecule has 0 spiro atoms. The van der Waals surface area contributed by atoms with Crippen LogP contribution in [0.4, 0.5) is 5.95 Å². The third-order valence-electron chi connectivity index (χ3n) is 3.74. The zero-order valence-corrected chi connectivity index (χ0v) is 13.6.